The van der Waals surface area contributed by atoms with Crippen LogP contribution in [0.1, 0.15) is 18.6 Å². The van der Waals surface area contributed by atoms with Gasteiger partial charge >= 0.3 is 0 Å². The first kappa shape index (κ1) is 16.7. The highest BCUT2D eigenvalue weighted by Crippen LogP contribution is 2.31. The highest BCUT2D eigenvalue weighted by molar-refractivity contribution is 6.35. The molecule has 0 saturated carbocycles. The summed E-state index contributed by atoms with van der Waals surface area (Å²) >= 11 is 12.3. The summed E-state index contributed by atoms with van der Waals surface area (Å²) in [6.07, 6.45) is 6.66. The molecule has 0 bridgehead atoms. The van der Waals surface area contributed by atoms with E-state index < -0.39 is 0 Å². The van der Waals surface area contributed by atoms with Gasteiger partial charge in [0.05, 0.1) is 26.2 Å². The van der Waals surface area contributed by atoms with Crippen molar-refractivity contribution >= 4 is 23.2 Å². The fraction of sp³-hybridized carbons (Fsp3) is 0.267. The Hall–Kier alpha value is -1.69. The summed E-state index contributed by atoms with van der Waals surface area (Å²) in [5.74, 6) is 0.665. The third kappa shape index (κ3) is 4.66. The number of benzene rings is 1. The third-order valence-corrected chi connectivity index (χ3v) is 3.52. The van der Waals surface area contributed by atoms with E-state index in [0.717, 1.165) is 5.56 Å². The van der Waals surface area contributed by atoms with Crippen molar-refractivity contribution in [1.29, 1.82) is 0 Å². The summed E-state index contributed by atoms with van der Waals surface area (Å²) in [7, 11) is 1.53. The SMILES string of the molecule is CONC=C(C)OC(Cn1ccnc1)c1ccc(Cl)cc1Cl. The van der Waals surface area contributed by atoms with Crippen molar-refractivity contribution < 1.29 is 9.57 Å². The molecule has 1 atom stereocenters. The van der Waals surface area contributed by atoms with E-state index in [0.29, 0.717) is 22.3 Å². The monoisotopic (exact) mass is 341 g/mol. The minimum Gasteiger partial charge on any atom is -0.487 e. The molecular weight excluding hydrogens is 325 g/mol. The molecule has 1 N–H and O–H groups in total. The van der Waals surface area contributed by atoms with Gasteiger partial charge in [-0.1, -0.05) is 29.3 Å². The molecule has 0 radical (unpaired) electrons. The average molecular weight is 342 g/mol. The quantitative estimate of drug-likeness (QED) is 0.611. The van der Waals surface area contributed by atoms with Crippen molar-refractivity contribution in [1.82, 2.24) is 15.0 Å². The van der Waals surface area contributed by atoms with Crippen molar-refractivity contribution in [3.8, 4) is 0 Å². The van der Waals surface area contributed by atoms with Crippen LogP contribution in [0, 0.1) is 0 Å². The summed E-state index contributed by atoms with van der Waals surface area (Å²) in [5, 5.41) is 1.15. The standard InChI is InChI=1S/C15H17Cl2N3O2/c1-11(8-19-21-2)22-15(9-20-6-5-18-10-20)13-4-3-12(16)7-14(13)17/h3-8,10,15,19H,9H2,1-2H3. The molecular formula is C15H17Cl2N3O2. The van der Waals surface area contributed by atoms with E-state index in [1.54, 1.807) is 30.9 Å². The molecule has 0 saturated heterocycles. The Morgan fingerprint density at radius 2 is 2.27 bits per heavy atom. The Labute approximate surface area is 139 Å². The molecule has 0 aliphatic heterocycles. The number of hydrogen-bond donors (Lipinski definition) is 1. The number of hydrogen-bond acceptors (Lipinski definition) is 4. The minimum absolute atomic E-state index is 0.283. The molecule has 1 heterocycles. The van der Waals surface area contributed by atoms with Gasteiger partial charge in [-0.3, -0.25) is 10.3 Å². The molecule has 1 aromatic carbocycles. The molecule has 1 aromatic heterocycles. The van der Waals surface area contributed by atoms with Crippen LogP contribution in [0.4, 0.5) is 0 Å². The Morgan fingerprint density at radius 3 is 2.91 bits per heavy atom. The largest absolute Gasteiger partial charge is 0.487 e. The van der Waals surface area contributed by atoms with Crippen LogP contribution in [0.25, 0.3) is 0 Å². The molecule has 0 aliphatic rings. The lowest BCUT2D eigenvalue weighted by Gasteiger charge is -2.21. The van der Waals surface area contributed by atoms with Gasteiger partial charge in [-0.05, 0) is 19.1 Å². The van der Waals surface area contributed by atoms with Gasteiger partial charge < -0.3 is 9.30 Å². The van der Waals surface area contributed by atoms with Gasteiger partial charge in [-0.2, -0.15) is 0 Å². The average Bonchev–Trinajstić information content (AvgIpc) is 2.97. The normalized spacial score (nSPS) is 13.0. The summed E-state index contributed by atoms with van der Waals surface area (Å²) < 4.78 is 7.90. The Balaban J connectivity index is 2.24. The van der Waals surface area contributed by atoms with E-state index in [2.05, 4.69) is 10.5 Å². The second-order valence-corrected chi connectivity index (χ2v) is 5.45. The predicted molar refractivity (Wildman–Crippen MR) is 86.4 cm³/mol. The lowest BCUT2D eigenvalue weighted by atomic mass is 10.1. The molecule has 2 aromatic rings. The number of allylic oxidation sites excluding steroid dienone is 1. The zero-order valence-electron chi connectivity index (χ0n) is 12.3. The number of aromatic nitrogens is 2. The summed E-state index contributed by atoms with van der Waals surface area (Å²) in [5.41, 5.74) is 3.48. The Morgan fingerprint density at radius 1 is 1.45 bits per heavy atom. The minimum atomic E-state index is -0.283. The Kier molecular flexibility index (Phi) is 6.12. The first-order valence-corrected chi connectivity index (χ1v) is 7.38. The molecule has 22 heavy (non-hydrogen) atoms. The number of ether oxygens (including phenoxy) is 1. The molecule has 2 rings (SSSR count). The highest BCUT2D eigenvalue weighted by atomic mass is 35.5. The second-order valence-electron chi connectivity index (χ2n) is 4.61. The molecule has 1 unspecified atom stereocenters. The van der Waals surface area contributed by atoms with E-state index in [1.807, 2.05) is 23.8 Å². The van der Waals surface area contributed by atoms with Crippen LogP contribution in [0.5, 0.6) is 0 Å². The zero-order chi connectivity index (χ0) is 15.9. The fourth-order valence-electron chi connectivity index (χ4n) is 1.95. The summed E-state index contributed by atoms with van der Waals surface area (Å²) in [4.78, 5) is 8.82. The van der Waals surface area contributed by atoms with Gasteiger partial charge in [0.25, 0.3) is 0 Å². The van der Waals surface area contributed by atoms with Gasteiger partial charge in [0.1, 0.15) is 11.9 Å². The number of rotatable bonds is 7. The highest BCUT2D eigenvalue weighted by Gasteiger charge is 2.18. The fourth-order valence-corrected chi connectivity index (χ4v) is 2.48. The number of nitrogens with one attached hydrogen (secondary N) is 1. The first-order valence-electron chi connectivity index (χ1n) is 6.62. The predicted octanol–water partition coefficient (Wildman–Crippen LogP) is 3.96. The van der Waals surface area contributed by atoms with E-state index in [1.165, 1.54) is 7.11 Å². The summed E-state index contributed by atoms with van der Waals surface area (Å²) in [6.45, 7) is 2.40. The summed E-state index contributed by atoms with van der Waals surface area (Å²) in [6, 6.07) is 5.36. The van der Waals surface area contributed by atoms with Gasteiger partial charge in [-0.15, -0.1) is 0 Å². The van der Waals surface area contributed by atoms with E-state index in [4.69, 9.17) is 32.8 Å². The van der Waals surface area contributed by atoms with E-state index >= 15 is 0 Å². The van der Waals surface area contributed by atoms with Crippen molar-refractivity contribution in [2.45, 2.75) is 19.6 Å². The van der Waals surface area contributed by atoms with Gasteiger partial charge in [0.15, 0.2) is 0 Å². The zero-order valence-corrected chi connectivity index (χ0v) is 13.8. The second kappa shape index (κ2) is 8.08. The first-order chi connectivity index (χ1) is 10.6. The van der Waals surface area contributed by atoms with Crippen LogP contribution in [-0.4, -0.2) is 16.7 Å². The van der Waals surface area contributed by atoms with Gasteiger partial charge in [-0.25, -0.2) is 4.98 Å². The van der Waals surface area contributed by atoms with Crippen LogP contribution < -0.4 is 5.48 Å². The third-order valence-electron chi connectivity index (χ3n) is 2.95. The number of nitrogens with zero attached hydrogens (tertiary/aromatic N) is 2. The number of hydroxylamine groups is 1. The molecule has 118 valence electrons. The van der Waals surface area contributed by atoms with Crippen molar-refractivity contribution in [2.75, 3.05) is 7.11 Å². The molecule has 0 amide bonds. The van der Waals surface area contributed by atoms with Crippen LogP contribution in [0.15, 0.2) is 48.9 Å². The van der Waals surface area contributed by atoms with Crippen molar-refractivity contribution in [3.63, 3.8) is 0 Å². The topological polar surface area (TPSA) is 48.3 Å². The van der Waals surface area contributed by atoms with Crippen LogP contribution >= 0.6 is 23.2 Å². The lowest BCUT2D eigenvalue weighted by molar-refractivity contribution is 0.0866. The van der Waals surface area contributed by atoms with Gasteiger partial charge in [0, 0.05) is 28.0 Å². The van der Waals surface area contributed by atoms with Gasteiger partial charge in [0.2, 0.25) is 0 Å². The molecule has 5 nitrogen and oxygen atoms in total. The maximum absolute atomic E-state index is 6.30. The van der Waals surface area contributed by atoms with Crippen LogP contribution in [-0.2, 0) is 16.1 Å². The molecule has 0 fully saturated rings. The molecule has 0 spiro atoms. The maximum atomic E-state index is 6.30. The Bertz CT molecular complexity index is 630. The van der Waals surface area contributed by atoms with Crippen LogP contribution in [0.3, 0.4) is 0 Å². The number of halogens is 2. The number of imidazole rings is 1. The van der Waals surface area contributed by atoms with Crippen molar-refractivity contribution in [2.24, 2.45) is 0 Å². The van der Waals surface area contributed by atoms with Crippen LogP contribution in [0.2, 0.25) is 10.0 Å². The smallest absolute Gasteiger partial charge is 0.143 e. The molecule has 7 heteroatoms. The van der Waals surface area contributed by atoms with Crippen molar-refractivity contribution in [3.05, 3.63) is 64.5 Å². The van der Waals surface area contributed by atoms with E-state index in [9.17, 15) is 0 Å². The lowest BCUT2D eigenvalue weighted by Crippen LogP contribution is -2.13. The maximum Gasteiger partial charge on any atom is 0.143 e. The van der Waals surface area contributed by atoms with E-state index in [-0.39, 0.29) is 6.10 Å². The molecule has 0 aliphatic carbocycles.